The van der Waals surface area contributed by atoms with Gasteiger partial charge in [-0.3, -0.25) is 4.57 Å². The fourth-order valence-corrected chi connectivity index (χ4v) is 5.29. The number of carboxylic acids is 1. The van der Waals surface area contributed by atoms with Gasteiger partial charge in [-0.15, -0.1) is 0 Å². The van der Waals surface area contributed by atoms with E-state index in [9.17, 15) is 14.1 Å². The van der Waals surface area contributed by atoms with Gasteiger partial charge in [0.15, 0.2) is 0 Å². The number of imidazole rings is 1. The summed E-state index contributed by atoms with van der Waals surface area (Å²) in [6.45, 7) is 0. The summed E-state index contributed by atoms with van der Waals surface area (Å²) < 4.78 is 15.2. The lowest BCUT2D eigenvalue weighted by atomic mass is 10.0. The number of aromatic carboxylic acids is 1. The Bertz CT molecular complexity index is 1750. The number of carboxylic acid groups (broad SMARTS) is 1. The van der Waals surface area contributed by atoms with Crippen molar-refractivity contribution in [2.75, 3.05) is 6.26 Å². The summed E-state index contributed by atoms with van der Waals surface area (Å²) in [5, 5.41) is 10.3. The van der Waals surface area contributed by atoms with Crippen molar-refractivity contribution >= 4 is 58.0 Å². The van der Waals surface area contributed by atoms with Crippen molar-refractivity contribution in [3.8, 4) is 28.1 Å². The second-order valence-electron chi connectivity index (χ2n) is 9.03. The zero-order chi connectivity index (χ0) is 28.2. The third-order valence-electron chi connectivity index (χ3n) is 6.19. The van der Waals surface area contributed by atoms with Crippen molar-refractivity contribution in [2.45, 2.75) is 0 Å². The molecule has 0 aliphatic rings. The fraction of sp³-hybridized carbons (Fsp3) is 0.0323. The van der Waals surface area contributed by atoms with Gasteiger partial charge in [-0.25, -0.2) is 14.5 Å². The first kappa shape index (κ1) is 27.6. The summed E-state index contributed by atoms with van der Waals surface area (Å²) in [5.74, 6) is -0.344. The van der Waals surface area contributed by atoms with Gasteiger partial charge in [0, 0.05) is 34.6 Å². The van der Waals surface area contributed by atoms with Crippen LogP contribution in [0.4, 0.5) is 5.69 Å². The Morgan fingerprint density at radius 1 is 0.925 bits per heavy atom. The molecule has 5 rings (SSSR count). The normalized spacial score (nSPS) is 12.1. The zero-order valence-corrected chi connectivity index (χ0v) is 23.6. The second kappa shape index (κ2) is 12.0. The van der Waals surface area contributed by atoms with E-state index >= 15 is 0 Å². The number of hydrogen-bond acceptors (Lipinski definition) is 3. The van der Waals surface area contributed by atoms with Gasteiger partial charge in [-0.2, -0.15) is 4.21 Å². The van der Waals surface area contributed by atoms with Gasteiger partial charge in [0.2, 0.25) is 11.0 Å². The Hall–Kier alpha value is -4.01. The molecule has 0 aliphatic heterocycles. The van der Waals surface area contributed by atoms with Crippen LogP contribution in [0.25, 0.3) is 40.2 Å². The van der Waals surface area contributed by atoms with E-state index in [1.165, 1.54) is 0 Å². The monoisotopic (exact) mass is 588 g/mol. The third-order valence-corrected chi connectivity index (χ3v) is 7.34. The van der Waals surface area contributed by atoms with Crippen LogP contribution in [-0.4, -0.2) is 31.1 Å². The van der Waals surface area contributed by atoms with E-state index < -0.39 is 17.0 Å². The first-order valence-electron chi connectivity index (χ1n) is 12.2. The summed E-state index contributed by atoms with van der Waals surface area (Å²) in [5.41, 5.74) is 6.33. The van der Waals surface area contributed by atoms with Gasteiger partial charge in [-0.1, -0.05) is 65.7 Å². The van der Waals surface area contributed by atoms with Gasteiger partial charge in [-0.05, 0) is 65.2 Å². The highest BCUT2D eigenvalue weighted by Crippen LogP contribution is 2.31. The highest BCUT2D eigenvalue weighted by molar-refractivity contribution is 7.77. The first-order valence-corrected chi connectivity index (χ1v) is 14.6. The summed E-state index contributed by atoms with van der Waals surface area (Å²) in [6.07, 6.45) is 7.38. The number of benzene rings is 4. The molecule has 0 bridgehead atoms. The van der Waals surface area contributed by atoms with E-state index in [4.69, 9.17) is 28.2 Å². The number of nitrogens with two attached hydrogens (primary N) is 1. The van der Waals surface area contributed by atoms with Crippen molar-refractivity contribution < 1.29 is 18.8 Å². The number of hydrogen-bond donors (Lipinski definition) is 2. The lowest BCUT2D eigenvalue weighted by Crippen LogP contribution is -2.77. The molecule has 1 unspecified atom stereocenters. The van der Waals surface area contributed by atoms with Crippen molar-refractivity contribution in [1.82, 2.24) is 9.55 Å². The lowest BCUT2D eigenvalue weighted by Gasteiger charge is -2.06. The standard InChI is InChI=1S/C31H23Cl2N3O3S/c1-40(39)35-25-4-2-3-23(17-25)21-8-5-20(6-9-21)7-16-30-34-29(27-15-12-24(32)18-28(27)33)19-36(30)26-13-10-22(11-14-26)31(37)38/h2-19,35H,1H3,(H,37,38)/p+1/b16-7+. The van der Waals surface area contributed by atoms with Crippen LogP contribution in [0.15, 0.2) is 97.2 Å². The minimum atomic E-state index is -1.02. The van der Waals surface area contributed by atoms with Gasteiger partial charge in [0.1, 0.15) is 11.5 Å². The maximum atomic E-state index is 11.6. The molecule has 3 N–H and O–H groups in total. The van der Waals surface area contributed by atoms with Crippen molar-refractivity contribution in [2.24, 2.45) is 0 Å². The van der Waals surface area contributed by atoms with Crippen LogP contribution in [0, 0.1) is 0 Å². The molecular weight excluding hydrogens is 565 g/mol. The predicted octanol–water partition coefficient (Wildman–Crippen LogP) is 6.87. The Morgan fingerprint density at radius 2 is 1.68 bits per heavy atom. The van der Waals surface area contributed by atoms with E-state index in [1.807, 2.05) is 77.5 Å². The van der Waals surface area contributed by atoms with Crippen LogP contribution in [0.2, 0.25) is 10.0 Å². The number of nitrogens with zero attached hydrogens (tertiary/aromatic N) is 2. The average molecular weight is 590 g/mol. The van der Waals surface area contributed by atoms with Crippen molar-refractivity contribution in [3.05, 3.63) is 124 Å². The number of halogens is 2. The van der Waals surface area contributed by atoms with Crippen molar-refractivity contribution in [3.63, 3.8) is 0 Å². The molecule has 5 aromatic rings. The van der Waals surface area contributed by atoms with E-state index in [0.717, 1.165) is 33.6 Å². The smallest absolute Gasteiger partial charge is 0.335 e. The largest absolute Gasteiger partial charge is 0.478 e. The van der Waals surface area contributed by atoms with Crippen LogP contribution in [0.3, 0.4) is 0 Å². The quantitative estimate of drug-likeness (QED) is 0.193. The van der Waals surface area contributed by atoms with E-state index in [-0.39, 0.29) is 5.56 Å². The number of rotatable bonds is 8. The van der Waals surface area contributed by atoms with Gasteiger partial charge < -0.3 is 5.11 Å². The lowest BCUT2D eigenvalue weighted by molar-refractivity contribution is -0.387. The molecule has 0 fully saturated rings. The maximum absolute atomic E-state index is 11.6. The molecule has 4 aromatic carbocycles. The average Bonchev–Trinajstić information content (AvgIpc) is 3.36. The highest BCUT2D eigenvalue weighted by atomic mass is 35.5. The fourth-order valence-electron chi connectivity index (χ4n) is 4.25. The summed E-state index contributed by atoms with van der Waals surface area (Å²) in [7, 11) is -1.02. The molecule has 0 saturated carbocycles. The summed E-state index contributed by atoms with van der Waals surface area (Å²) in [4.78, 5) is 16.2. The second-order valence-corrected chi connectivity index (χ2v) is 11.1. The minimum Gasteiger partial charge on any atom is -0.478 e. The van der Waals surface area contributed by atoms with E-state index in [2.05, 4.69) is 0 Å². The Kier molecular flexibility index (Phi) is 8.28. The maximum Gasteiger partial charge on any atom is 0.335 e. The molecule has 1 atom stereocenters. The zero-order valence-electron chi connectivity index (χ0n) is 21.3. The highest BCUT2D eigenvalue weighted by Gasteiger charge is 2.13. The van der Waals surface area contributed by atoms with Crippen LogP contribution in [0.5, 0.6) is 0 Å². The topological polar surface area (TPSA) is 88.8 Å². The number of aromatic nitrogens is 2. The minimum absolute atomic E-state index is 0.202. The van der Waals surface area contributed by atoms with E-state index in [1.54, 1.807) is 47.4 Å². The SMILES string of the molecule is CS(=O)[NH2+]c1cccc(-c2ccc(/C=C/c3nc(-c4ccc(Cl)cc4Cl)cn3-c3ccc(C(=O)O)cc3)cc2)c1. The van der Waals surface area contributed by atoms with Gasteiger partial charge in [0.25, 0.3) is 0 Å². The van der Waals surface area contributed by atoms with Gasteiger partial charge >= 0.3 is 5.97 Å². The molecule has 0 radical (unpaired) electrons. The van der Waals surface area contributed by atoms with Gasteiger partial charge in [0.05, 0.1) is 22.5 Å². The molecule has 0 aliphatic carbocycles. The Labute approximate surface area is 244 Å². The van der Waals surface area contributed by atoms with Crippen LogP contribution < -0.4 is 4.72 Å². The molecule has 0 amide bonds. The van der Waals surface area contributed by atoms with Crippen molar-refractivity contribution in [1.29, 1.82) is 0 Å². The van der Waals surface area contributed by atoms with E-state index in [0.29, 0.717) is 21.6 Å². The molecule has 1 aromatic heterocycles. The number of quaternary nitrogens is 1. The molecule has 6 nitrogen and oxygen atoms in total. The molecule has 0 spiro atoms. The van der Waals surface area contributed by atoms with Crippen LogP contribution in [0.1, 0.15) is 21.7 Å². The molecule has 1 heterocycles. The summed E-state index contributed by atoms with van der Waals surface area (Å²) in [6, 6.07) is 27.9. The first-order chi connectivity index (χ1) is 19.3. The third kappa shape index (κ3) is 6.41. The molecular formula is C31H24Cl2N3O3S+. The molecule has 40 heavy (non-hydrogen) atoms. The Morgan fingerprint density at radius 3 is 2.35 bits per heavy atom. The predicted molar refractivity (Wildman–Crippen MR) is 162 cm³/mol. The van der Waals surface area contributed by atoms with Crippen LogP contribution >= 0.6 is 23.2 Å². The molecule has 0 saturated heterocycles. The molecule has 200 valence electrons. The number of carbonyl (C=O) groups is 1. The Balaban J connectivity index is 1.47. The van der Waals surface area contributed by atoms with Crippen LogP contribution in [-0.2, 0) is 11.0 Å². The molecule has 9 heteroatoms. The summed E-state index contributed by atoms with van der Waals surface area (Å²) >= 11 is 12.6.